The summed E-state index contributed by atoms with van der Waals surface area (Å²) in [6, 6.07) is 0. The lowest BCUT2D eigenvalue weighted by Crippen LogP contribution is -2.30. The Labute approximate surface area is 118 Å². The van der Waals surface area contributed by atoms with Gasteiger partial charge in [0.2, 0.25) is 0 Å². The standard InChI is InChI=1S/C13H23BrO4/c1-12(2,3)17-10(15)8-7-9(14)11(16)18-13(4,5)6/h9H,7-8H2,1-6H3. The lowest BCUT2D eigenvalue weighted by Gasteiger charge is -2.22. The van der Waals surface area contributed by atoms with E-state index in [2.05, 4.69) is 15.9 Å². The van der Waals surface area contributed by atoms with Gasteiger partial charge in [-0.25, -0.2) is 0 Å². The molecule has 0 aliphatic heterocycles. The maximum Gasteiger partial charge on any atom is 0.320 e. The van der Waals surface area contributed by atoms with Crippen LogP contribution >= 0.6 is 15.9 Å². The first-order chi connectivity index (χ1) is 7.91. The zero-order chi connectivity index (χ0) is 14.6. The van der Waals surface area contributed by atoms with Crippen molar-refractivity contribution in [3.63, 3.8) is 0 Å². The number of ether oxygens (including phenoxy) is 2. The minimum Gasteiger partial charge on any atom is -0.460 e. The summed E-state index contributed by atoms with van der Waals surface area (Å²) in [5.74, 6) is -0.665. The van der Waals surface area contributed by atoms with Crippen LogP contribution in [0.1, 0.15) is 54.4 Å². The van der Waals surface area contributed by atoms with Gasteiger partial charge in [-0.3, -0.25) is 9.59 Å². The quantitative estimate of drug-likeness (QED) is 0.589. The summed E-state index contributed by atoms with van der Waals surface area (Å²) < 4.78 is 10.4. The zero-order valence-corrected chi connectivity index (χ0v) is 13.6. The molecule has 0 aliphatic carbocycles. The normalized spacial score (nSPS) is 13.9. The Bertz CT molecular complexity index is 299. The first kappa shape index (κ1) is 17.4. The molecule has 4 nitrogen and oxygen atoms in total. The molecule has 5 heteroatoms. The van der Waals surface area contributed by atoms with Gasteiger partial charge in [-0.2, -0.15) is 0 Å². The van der Waals surface area contributed by atoms with E-state index in [1.807, 2.05) is 20.8 Å². The third-order valence-corrected chi connectivity index (χ3v) is 2.52. The molecule has 0 saturated heterocycles. The molecule has 0 bridgehead atoms. The van der Waals surface area contributed by atoms with E-state index in [1.54, 1.807) is 20.8 Å². The highest BCUT2D eigenvalue weighted by Crippen LogP contribution is 2.17. The Morgan fingerprint density at radius 2 is 1.44 bits per heavy atom. The van der Waals surface area contributed by atoms with Crippen LogP contribution in [0, 0.1) is 0 Å². The molecule has 1 unspecified atom stereocenters. The second-order valence-corrected chi connectivity index (χ2v) is 7.23. The molecule has 18 heavy (non-hydrogen) atoms. The predicted molar refractivity (Wildman–Crippen MR) is 73.6 cm³/mol. The highest BCUT2D eigenvalue weighted by Gasteiger charge is 2.24. The van der Waals surface area contributed by atoms with Crippen molar-refractivity contribution in [3.8, 4) is 0 Å². The van der Waals surface area contributed by atoms with Crippen molar-refractivity contribution < 1.29 is 19.1 Å². The molecule has 0 aliphatic rings. The number of carbonyl (C=O) groups is 2. The molecule has 0 fully saturated rings. The maximum atomic E-state index is 11.6. The Kier molecular flexibility index (Phi) is 6.34. The summed E-state index contributed by atoms with van der Waals surface area (Å²) in [5.41, 5.74) is -1.01. The van der Waals surface area contributed by atoms with E-state index in [1.165, 1.54) is 0 Å². The molecular weight excluding hydrogens is 300 g/mol. The molecule has 0 aromatic carbocycles. The van der Waals surface area contributed by atoms with E-state index in [-0.39, 0.29) is 18.4 Å². The molecule has 0 radical (unpaired) electrons. The lowest BCUT2D eigenvalue weighted by atomic mass is 10.1. The molecule has 0 amide bonds. The third-order valence-electron chi connectivity index (χ3n) is 1.68. The van der Waals surface area contributed by atoms with Crippen molar-refractivity contribution in [3.05, 3.63) is 0 Å². The molecule has 106 valence electrons. The number of hydrogen-bond acceptors (Lipinski definition) is 4. The van der Waals surface area contributed by atoms with Gasteiger partial charge in [-0.1, -0.05) is 15.9 Å². The first-order valence-electron chi connectivity index (χ1n) is 5.99. The fourth-order valence-corrected chi connectivity index (χ4v) is 1.44. The van der Waals surface area contributed by atoms with Crippen molar-refractivity contribution in [2.24, 2.45) is 0 Å². The van der Waals surface area contributed by atoms with Gasteiger partial charge >= 0.3 is 11.9 Å². The van der Waals surface area contributed by atoms with E-state index in [4.69, 9.17) is 9.47 Å². The Morgan fingerprint density at radius 3 is 1.83 bits per heavy atom. The SMILES string of the molecule is CC(C)(C)OC(=O)CCC(Br)C(=O)OC(C)(C)C. The Hall–Kier alpha value is -0.580. The highest BCUT2D eigenvalue weighted by molar-refractivity contribution is 9.10. The minimum atomic E-state index is -0.519. The lowest BCUT2D eigenvalue weighted by molar-refractivity contribution is -0.156. The minimum absolute atomic E-state index is 0.187. The van der Waals surface area contributed by atoms with E-state index >= 15 is 0 Å². The largest absolute Gasteiger partial charge is 0.460 e. The predicted octanol–water partition coefficient (Wildman–Crippen LogP) is 3.21. The number of hydrogen-bond donors (Lipinski definition) is 0. The summed E-state index contributed by atoms with van der Waals surface area (Å²) in [5, 5.41) is 0. The van der Waals surface area contributed by atoms with Crippen molar-refractivity contribution in [2.45, 2.75) is 70.4 Å². The molecule has 0 aromatic heterocycles. The van der Waals surface area contributed by atoms with Crippen LogP contribution < -0.4 is 0 Å². The zero-order valence-electron chi connectivity index (χ0n) is 12.0. The number of alkyl halides is 1. The van der Waals surface area contributed by atoms with Gasteiger partial charge in [-0.05, 0) is 48.0 Å². The van der Waals surface area contributed by atoms with Gasteiger partial charge in [0.15, 0.2) is 0 Å². The summed E-state index contributed by atoms with van der Waals surface area (Å²) in [6.45, 7) is 10.8. The molecule has 0 heterocycles. The second kappa shape index (κ2) is 6.55. The number of halogens is 1. The number of rotatable bonds is 4. The molecule has 1 atom stereocenters. The highest BCUT2D eigenvalue weighted by atomic mass is 79.9. The van der Waals surface area contributed by atoms with Gasteiger partial charge in [0.25, 0.3) is 0 Å². The third kappa shape index (κ3) is 9.45. The van der Waals surface area contributed by atoms with Crippen LogP contribution in [-0.4, -0.2) is 28.0 Å². The van der Waals surface area contributed by atoms with Crippen LogP contribution in [0.15, 0.2) is 0 Å². The summed E-state index contributed by atoms with van der Waals surface area (Å²) in [4.78, 5) is 22.6. The smallest absolute Gasteiger partial charge is 0.320 e. The van der Waals surface area contributed by atoms with Gasteiger partial charge in [0.05, 0.1) is 0 Å². The summed E-state index contributed by atoms with van der Waals surface area (Å²) in [6.07, 6.45) is 0.552. The van der Waals surface area contributed by atoms with Gasteiger partial charge in [0.1, 0.15) is 16.0 Å². The van der Waals surface area contributed by atoms with Crippen molar-refractivity contribution in [1.82, 2.24) is 0 Å². The molecule has 0 N–H and O–H groups in total. The summed E-state index contributed by atoms with van der Waals surface area (Å²) >= 11 is 3.22. The van der Waals surface area contributed by atoms with Gasteiger partial charge in [0, 0.05) is 6.42 Å². The van der Waals surface area contributed by atoms with Gasteiger partial charge < -0.3 is 9.47 Å². The summed E-state index contributed by atoms with van der Waals surface area (Å²) in [7, 11) is 0. The second-order valence-electron chi connectivity index (χ2n) is 6.13. The average Bonchev–Trinajstić information content (AvgIpc) is 2.08. The molecular formula is C13H23BrO4. The topological polar surface area (TPSA) is 52.6 Å². The number of esters is 2. The monoisotopic (exact) mass is 322 g/mol. The maximum absolute atomic E-state index is 11.6. The van der Waals surface area contributed by atoms with Crippen molar-refractivity contribution in [2.75, 3.05) is 0 Å². The molecule has 0 rings (SSSR count). The van der Waals surface area contributed by atoms with Crippen LogP contribution in [0.2, 0.25) is 0 Å². The first-order valence-corrected chi connectivity index (χ1v) is 6.91. The number of carbonyl (C=O) groups excluding carboxylic acids is 2. The fraction of sp³-hybridized carbons (Fsp3) is 0.846. The van der Waals surface area contributed by atoms with Gasteiger partial charge in [-0.15, -0.1) is 0 Å². The Balaban J connectivity index is 4.07. The molecule has 0 aromatic rings. The van der Waals surface area contributed by atoms with Crippen LogP contribution in [0.4, 0.5) is 0 Å². The van der Waals surface area contributed by atoms with E-state index in [9.17, 15) is 9.59 Å². The molecule has 0 saturated carbocycles. The fourth-order valence-electron chi connectivity index (χ4n) is 1.12. The van der Waals surface area contributed by atoms with Crippen molar-refractivity contribution >= 4 is 27.9 Å². The van der Waals surface area contributed by atoms with Crippen LogP contribution in [0.25, 0.3) is 0 Å². The van der Waals surface area contributed by atoms with E-state index in [0.29, 0.717) is 6.42 Å². The Morgan fingerprint density at radius 1 is 1.00 bits per heavy atom. The molecule has 0 spiro atoms. The van der Waals surface area contributed by atoms with Crippen LogP contribution in [-0.2, 0) is 19.1 Å². The van der Waals surface area contributed by atoms with E-state index < -0.39 is 16.0 Å². The van der Waals surface area contributed by atoms with Crippen molar-refractivity contribution in [1.29, 1.82) is 0 Å². The average molecular weight is 323 g/mol. The van der Waals surface area contributed by atoms with E-state index in [0.717, 1.165) is 0 Å². The van der Waals surface area contributed by atoms with Crippen LogP contribution in [0.5, 0.6) is 0 Å². The van der Waals surface area contributed by atoms with Crippen LogP contribution in [0.3, 0.4) is 0 Å².